The Labute approximate surface area is 134 Å². The quantitative estimate of drug-likeness (QED) is 0.737. The number of anilines is 1. The standard InChI is InChI=1S/C18H20FNO3/c1-11-10-17(4-2-3-5-17)20-15-13(11)8-12(19)9-14(15)18(16(20)21)22-6-7-23-18/h8-9,11H,2-7,10H2,1H3/t11-/m1/s1. The van der Waals surface area contributed by atoms with Crippen LogP contribution in [0.25, 0.3) is 0 Å². The van der Waals surface area contributed by atoms with Gasteiger partial charge in [0.25, 0.3) is 11.7 Å². The Hall–Kier alpha value is -1.46. The van der Waals surface area contributed by atoms with Crippen LogP contribution < -0.4 is 4.90 Å². The Morgan fingerprint density at radius 1 is 1.22 bits per heavy atom. The van der Waals surface area contributed by atoms with Gasteiger partial charge in [-0.1, -0.05) is 19.8 Å². The fraction of sp³-hybridized carbons (Fsp3) is 0.611. The van der Waals surface area contributed by atoms with Crippen molar-refractivity contribution in [1.29, 1.82) is 0 Å². The highest BCUT2D eigenvalue weighted by Crippen LogP contribution is 2.59. The molecule has 3 aliphatic heterocycles. The van der Waals surface area contributed by atoms with Crippen molar-refractivity contribution in [3.8, 4) is 0 Å². The van der Waals surface area contributed by atoms with E-state index in [4.69, 9.17) is 9.47 Å². The predicted octanol–water partition coefficient (Wildman–Crippen LogP) is 3.19. The van der Waals surface area contributed by atoms with Crippen LogP contribution in [0.2, 0.25) is 0 Å². The van der Waals surface area contributed by atoms with Gasteiger partial charge in [0.1, 0.15) is 5.82 Å². The van der Waals surface area contributed by atoms with Crippen LogP contribution in [-0.4, -0.2) is 24.7 Å². The van der Waals surface area contributed by atoms with Crippen molar-refractivity contribution in [2.75, 3.05) is 18.1 Å². The van der Waals surface area contributed by atoms with E-state index < -0.39 is 5.79 Å². The minimum absolute atomic E-state index is 0.144. The maximum Gasteiger partial charge on any atom is 0.293 e. The smallest absolute Gasteiger partial charge is 0.293 e. The zero-order chi connectivity index (χ0) is 15.8. The van der Waals surface area contributed by atoms with Crippen LogP contribution in [0.5, 0.6) is 0 Å². The van der Waals surface area contributed by atoms with Crippen LogP contribution in [0.3, 0.4) is 0 Å². The zero-order valence-corrected chi connectivity index (χ0v) is 13.2. The number of hydrogen-bond acceptors (Lipinski definition) is 3. The van der Waals surface area contributed by atoms with Crippen LogP contribution in [0.1, 0.15) is 56.1 Å². The fourth-order valence-corrected chi connectivity index (χ4v) is 5.24. The maximum atomic E-state index is 14.2. The Kier molecular flexibility index (Phi) is 2.63. The molecule has 2 spiro atoms. The van der Waals surface area contributed by atoms with Crippen LogP contribution in [0.4, 0.5) is 10.1 Å². The molecule has 5 rings (SSSR count). The van der Waals surface area contributed by atoms with Crippen molar-refractivity contribution < 1.29 is 18.7 Å². The number of fused-ring (bicyclic) bond motifs is 2. The number of hydrogen-bond donors (Lipinski definition) is 0. The van der Waals surface area contributed by atoms with Gasteiger partial charge in [0.05, 0.1) is 18.9 Å². The summed E-state index contributed by atoms with van der Waals surface area (Å²) in [6.45, 7) is 2.87. The van der Waals surface area contributed by atoms with E-state index >= 15 is 0 Å². The van der Waals surface area contributed by atoms with Gasteiger partial charge in [-0.2, -0.15) is 0 Å². The molecule has 3 heterocycles. The van der Waals surface area contributed by atoms with Gasteiger partial charge in [0.15, 0.2) is 0 Å². The van der Waals surface area contributed by atoms with Gasteiger partial charge in [-0.25, -0.2) is 4.39 Å². The second-order valence-electron chi connectivity index (χ2n) is 7.38. The van der Waals surface area contributed by atoms with Crippen LogP contribution >= 0.6 is 0 Å². The molecule has 0 unspecified atom stereocenters. The molecular formula is C18H20FNO3. The number of nitrogens with zero attached hydrogens (tertiary/aromatic N) is 1. The molecule has 2 fully saturated rings. The predicted molar refractivity (Wildman–Crippen MR) is 81.7 cm³/mol. The molecule has 0 aromatic heterocycles. The average molecular weight is 317 g/mol. The molecule has 23 heavy (non-hydrogen) atoms. The van der Waals surface area contributed by atoms with Crippen molar-refractivity contribution in [3.05, 3.63) is 29.1 Å². The number of rotatable bonds is 0. The van der Waals surface area contributed by atoms with Crippen molar-refractivity contribution in [2.24, 2.45) is 0 Å². The van der Waals surface area contributed by atoms with E-state index in [2.05, 4.69) is 6.92 Å². The third-order valence-electron chi connectivity index (χ3n) is 6.09. The Bertz CT molecular complexity index is 704. The van der Waals surface area contributed by atoms with Gasteiger partial charge in [-0.3, -0.25) is 4.79 Å². The number of halogens is 1. The summed E-state index contributed by atoms with van der Waals surface area (Å²) in [6.07, 6.45) is 5.18. The van der Waals surface area contributed by atoms with E-state index in [9.17, 15) is 9.18 Å². The molecule has 5 heteroatoms. The first-order valence-corrected chi connectivity index (χ1v) is 8.54. The summed E-state index contributed by atoms with van der Waals surface area (Å²) in [7, 11) is 0. The Balaban J connectivity index is 1.80. The summed E-state index contributed by atoms with van der Waals surface area (Å²) in [4.78, 5) is 15.3. The van der Waals surface area contributed by atoms with E-state index in [-0.39, 0.29) is 23.2 Å². The third kappa shape index (κ3) is 1.55. The Morgan fingerprint density at radius 2 is 1.91 bits per heavy atom. The van der Waals surface area contributed by atoms with Crippen molar-refractivity contribution in [1.82, 2.24) is 0 Å². The first kappa shape index (κ1) is 13.9. The first-order chi connectivity index (χ1) is 11.1. The molecule has 0 bridgehead atoms. The van der Waals surface area contributed by atoms with Gasteiger partial charge < -0.3 is 14.4 Å². The molecule has 1 aliphatic carbocycles. The van der Waals surface area contributed by atoms with Gasteiger partial charge in [0, 0.05) is 11.1 Å². The number of carbonyl (C=O) groups is 1. The largest absolute Gasteiger partial charge is 0.336 e. The van der Waals surface area contributed by atoms with Crippen LogP contribution in [0, 0.1) is 5.82 Å². The molecule has 1 saturated heterocycles. The van der Waals surface area contributed by atoms with Gasteiger partial charge in [-0.05, 0) is 42.9 Å². The number of ether oxygens (including phenoxy) is 2. The first-order valence-electron chi connectivity index (χ1n) is 8.54. The molecule has 4 aliphatic rings. The molecule has 1 aromatic carbocycles. The normalized spacial score (nSPS) is 29.7. The van der Waals surface area contributed by atoms with E-state index in [0.29, 0.717) is 18.8 Å². The van der Waals surface area contributed by atoms with Crippen molar-refractivity contribution >= 4 is 11.6 Å². The SMILES string of the molecule is C[C@@H]1CC2(CCCC2)N2C(=O)C3(OCCO3)c3cc(F)cc1c32. The number of amides is 1. The van der Waals surface area contributed by atoms with E-state index in [1.54, 1.807) is 6.07 Å². The van der Waals surface area contributed by atoms with Gasteiger partial charge >= 0.3 is 0 Å². The third-order valence-corrected chi connectivity index (χ3v) is 6.09. The highest BCUT2D eigenvalue weighted by Gasteiger charge is 2.63. The fourth-order valence-electron chi connectivity index (χ4n) is 5.24. The van der Waals surface area contributed by atoms with E-state index in [1.807, 2.05) is 4.90 Å². The van der Waals surface area contributed by atoms with Crippen molar-refractivity contribution in [2.45, 2.75) is 56.3 Å². The summed E-state index contributed by atoms with van der Waals surface area (Å²) in [5.74, 6) is -1.64. The minimum Gasteiger partial charge on any atom is -0.336 e. The second-order valence-corrected chi connectivity index (χ2v) is 7.38. The molecule has 1 aromatic rings. The lowest BCUT2D eigenvalue weighted by Gasteiger charge is -2.46. The lowest BCUT2D eigenvalue weighted by atomic mass is 9.77. The van der Waals surface area contributed by atoms with E-state index in [1.165, 1.54) is 6.07 Å². The zero-order valence-electron chi connectivity index (χ0n) is 13.2. The summed E-state index contributed by atoms with van der Waals surface area (Å²) >= 11 is 0. The van der Waals surface area contributed by atoms with Crippen LogP contribution in [0.15, 0.2) is 12.1 Å². The Morgan fingerprint density at radius 3 is 2.61 bits per heavy atom. The summed E-state index contributed by atoms with van der Waals surface area (Å²) in [6, 6.07) is 3.02. The van der Waals surface area contributed by atoms with Gasteiger partial charge in [-0.15, -0.1) is 0 Å². The molecule has 1 saturated carbocycles. The summed E-state index contributed by atoms with van der Waals surface area (Å²) in [5.41, 5.74) is 2.21. The molecule has 0 N–H and O–H groups in total. The minimum atomic E-state index is -1.41. The average Bonchev–Trinajstić information content (AvgIpc) is 3.22. The molecule has 1 atom stereocenters. The second kappa shape index (κ2) is 4.33. The highest BCUT2D eigenvalue weighted by atomic mass is 19.1. The van der Waals surface area contributed by atoms with E-state index in [0.717, 1.165) is 43.4 Å². The molecule has 1 amide bonds. The lowest BCUT2D eigenvalue weighted by molar-refractivity contribution is -0.181. The molecule has 0 radical (unpaired) electrons. The van der Waals surface area contributed by atoms with Crippen LogP contribution in [-0.2, 0) is 20.1 Å². The molecular weight excluding hydrogens is 297 g/mol. The highest BCUT2D eigenvalue weighted by molar-refractivity contribution is 6.08. The monoisotopic (exact) mass is 317 g/mol. The topological polar surface area (TPSA) is 38.8 Å². The van der Waals surface area contributed by atoms with Crippen molar-refractivity contribution in [3.63, 3.8) is 0 Å². The number of carbonyl (C=O) groups excluding carboxylic acids is 1. The van der Waals surface area contributed by atoms with Gasteiger partial charge in [0.2, 0.25) is 0 Å². The maximum absolute atomic E-state index is 14.2. The lowest BCUT2D eigenvalue weighted by Crippen LogP contribution is -2.55. The molecule has 4 nitrogen and oxygen atoms in total. The molecule has 122 valence electrons. The number of benzene rings is 1. The summed E-state index contributed by atoms with van der Waals surface area (Å²) < 4.78 is 25.8. The summed E-state index contributed by atoms with van der Waals surface area (Å²) in [5, 5.41) is 0.